The molecule has 3 nitrogen and oxygen atoms in total. The van der Waals surface area contributed by atoms with Gasteiger partial charge in [0.15, 0.2) is 12.3 Å². The van der Waals surface area contributed by atoms with Crippen LogP contribution in [0.2, 0.25) is 0 Å². The Morgan fingerprint density at radius 1 is 1.86 bits per heavy atom. The molecular weight excluding hydrogens is 92.1 g/mol. The van der Waals surface area contributed by atoms with Gasteiger partial charge in [-0.1, -0.05) is 0 Å². The van der Waals surface area contributed by atoms with Gasteiger partial charge in [0, 0.05) is 14.0 Å². The van der Waals surface area contributed by atoms with Crippen molar-refractivity contribution in [1.29, 1.82) is 5.41 Å². The molecular formula is C4H8N2O. The first kappa shape index (κ1) is 6.14. The zero-order valence-electron chi connectivity index (χ0n) is 4.43. The Balaban J connectivity index is 3.36. The van der Waals surface area contributed by atoms with E-state index in [4.69, 9.17) is 5.41 Å². The second kappa shape index (κ2) is 3.33. The Kier molecular flexibility index (Phi) is 2.92. The van der Waals surface area contributed by atoms with Crippen LogP contribution in [0.5, 0.6) is 0 Å². The molecule has 0 radical (unpaired) electrons. The van der Waals surface area contributed by atoms with Gasteiger partial charge in [-0.3, -0.25) is 10.4 Å². The molecule has 0 bridgehead atoms. The molecule has 0 atom stereocenters. The van der Waals surface area contributed by atoms with Gasteiger partial charge in [-0.25, -0.2) is 0 Å². The van der Waals surface area contributed by atoms with E-state index in [0.29, 0.717) is 5.90 Å². The number of nitrogens with one attached hydrogen (secondary N) is 1. The van der Waals surface area contributed by atoms with Crippen molar-refractivity contribution in [2.75, 3.05) is 7.05 Å². The van der Waals surface area contributed by atoms with Gasteiger partial charge in [-0.15, -0.1) is 0 Å². The van der Waals surface area contributed by atoms with Gasteiger partial charge >= 0.3 is 0 Å². The van der Waals surface area contributed by atoms with E-state index in [1.807, 2.05) is 0 Å². The summed E-state index contributed by atoms with van der Waals surface area (Å²) in [6, 6.07) is 0. The van der Waals surface area contributed by atoms with Gasteiger partial charge in [0.05, 0.1) is 0 Å². The lowest BCUT2D eigenvalue weighted by Crippen LogP contribution is -1.94. The maximum absolute atomic E-state index is 6.41. The lowest BCUT2D eigenvalue weighted by atomic mass is 10.8. The molecule has 1 N–H and O–H groups in total. The molecule has 3 heteroatoms. The van der Waals surface area contributed by atoms with E-state index in [1.54, 1.807) is 14.0 Å². The van der Waals surface area contributed by atoms with Gasteiger partial charge in [0.1, 0.15) is 0 Å². The van der Waals surface area contributed by atoms with Gasteiger partial charge in [0.25, 0.3) is 0 Å². The molecule has 0 saturated heterocycles. The number of ether oxygens (including phenoxy) is 1. The normalized spacial score (nSPS) is 10.9. The van der Waals surface area contributed by atoms with Crippen molar-refractivity contribution < 1.29 is 4.74 Å². The summed E-state index contributed by atoms with van der Waals surface area (Å²) in [7, 11) is 1.61. The Morgan fingerprint density at radius 3 is 2.57 bits per heavy atom. The number of aliphatic imine (C=N–C) groups is 1. The molecule has 7 heavy (non-hydrogen) atoms. The number of hydrogen-bond acceptors (Lipinski definition) is 3. The average Bonchev–Trinajstić information content (AvgIpc) is 1.68. The van der Waals surface area contributed by atoms with Crippen LogP contribution in [0.1, 0.15) is 6.92 Å². The third-order valence-electron chi connectivity index (χ3n) is 0.544. The van der Waals surface area contributed by atoms with Gasteiger partial charge < -0.3 is 4.74 Å². The Bertz CT molecular complexity index is 87.7. The van der Waals surface area contributed by atoms with Gasteiger partial charge in [0.2, 0.25) is 0 Å². The molecule has 0 aromatic rings. The largest absolute Gasteiger partial charge is 0.433 e. The molecule has 0 heterocycles. The molecule has 0 fully saturated rings. The van der Waals surface area contributed by atoms with Crippen LogP contribution in [0.4, 0.5) is 0 Å². The third-order valence-corrected chi connectivity index (χ3v) is 0.544. The topological polar surface area (TPSA) is 45.4 Å². The van der Waals surface area contributed by atoms with Crippen molar-refractivity contribution in [1.82, 2.24) is 0 Å². The predicted octanol–water partition coefficient (Wildman–Crippen LogP) is 0.658. The van der Waals surface area contributed by atoms with Crippen LogP contribution < -0.4 is 0 Å². The monoisotopic (exact) mass is 100 g/mol. The number of nitrogens with zero attached hydrogens (tertiary/aromatic N) is 1. The SMILES string of the molecule is CN=C(C)OC=N. The Hall–Kier alpha value is -0.860. The van der Waals surface area contributed by atoms with Crippen molar-refractivity contribution in [3.8, 4) is 0 Å². The molecule has 0 aliphatic carbocycles. The van der Waals surface area contributed by atoms with Crippen molar-refractivity contribution in [3.05, 3.63) is 0 Å². The summed E-state index contributed by atoms with van der Waals surface area (Å²) in [6.07, 6.45) is 0.850. The smallest absolute Gasteiger partial charge is 0.188 e. The number of rotatable bonds is 1. The zero-order valence-corrected chi connectivity index (χ0v) is 4.43. The van der Waals surface area contributed by atoms with E-state index in [1.165, 1.54) is 0 Å². The summed E-state index contributed by atoms with van der Waals surface area (Å²) in [4.78, 5) is 3.62. The summed E-state index contributed by atoms with van der Waals surface area (Å²) in [5.41, 5.74) is 0. The molecule has 0 amide bonds. The van der Waals surface area contributed by atoms with E-state index < -0.39 is 0 Å². The lowest BCUT2D eigenvalue weighted by molar-refractivity contribution is 0.558. The Labute approximate surface area is 42.5 Å². The van der Waals surface area contributed by atoms with Crippen molar-refractivity contribution in [3.63, 3.8) is 0 Å². The summed E-state index contributed by atoms with van der Waals surface area (Å²) in [5, 5.41) is 6.41. The zero-order chi connectivity index (χ0) is 5.70. The molecule has 0 spiro atoms. The fourth-order valence-corrected chi connectivity index (χ4v) is 0.138. The van der Waals surface area contributed by atoms with Gasteiger partial charge in [-0.05, 0) is 0 Å². The van der Waals surface area contributed by atoms with Gasteiger partial charge in [-0.2, -0.15) is 0 Å². The second-order valence-electron chi connectivity index (χ2n) is 0.978. The van der Waals surface area contributed by atoms with E-state index in [2.05, 4.69) is 9.73 Å². The summed E-state index contributed by atoms with van der Waals surface area (Å²) in [6.45, 7) is 1.69. The first-order chi connectivity index (χ1) is 3.31. The van der Waals surface area contributed by atoms with Crippen molar-refractivity contribution >= 4 is 12.3 Å². The quantitative estimate of drug-likeness (QED) is 0.382. The minimum Gasteiger partial charge on any atom is -0.433 e. The minimum atomic E-state index is 0.509. The number of hydrogen-bond donors (Lipinski definition) is 1. The molecule has 0 saturated carbocycles. The summed E-state index contributed by atoms with van der Waals surface area (Å²) in [5.74, 6) is 0.509. The van der Waals surface area contributed by atoms with E-state index >= 15 is 0 Å². The first-order valence-corrected chi connectivity index (χ1v) is 1.90. The van der Waals surface area contributed by atoms with Crippen LogP contribution in [-0.2, 0) is 4.74 Å². The fraction of sp³-hybridized carbons (Fsp3) is 0.500. The van der Waals surface area contributed by atoms with E-state index in [9.17, 15) is 0 Å². The molecule has 0 unspecified atom stereocenters. The standard InChI is InChI=1S/C4H8N2O/c1-4(6-2)7-3-5/h3,5H,1-2H3. The highest BCUT2D eigenvalue weighted by Crippen LogP contribution is 1.71. The fourth-order valence-electron chi connectivity index (χ4n) is 0.138. The highest BCUT2D eigenvalue weighted by atomic mass is 16.5. The van der Waals surface area contributed by atoms with Crippen LogP contribution in [0.3, 0.4) is 0 Å². The highest BCUT2D eigenvalue weighted by molar-refractivity contribution is 5.79. The van der Waals surface area contributed by atoms with Crippen LogP contribution >= 0.6 is 0 Å². The minimum absolute atomic E-state index is 0.509. The molecule has 0 rings (SSSR count). The average molecular weight is 100 g/mol. The van der Waals surface area contributed by atoms with Crippen LogP contribution in [0.15, 0.2) is 4.99 Å². The maximum Gasteiger partial charge on any atom is 0.188 e. The summed E-state index contributed by atoms with van der Waals surface area (Å²) >= 11 is 0. The molecule has 0 aliphatic heterocycles. The van der Waals surface area contributed by atoms with Crippen LogP contribution in [0, 0.1) is 5.41 Å². The third kappa shape index (κ3) is 2.96. The Morgan fingerprint density at radius 2 is 2.43 bits per heavy atom. The first-order valence-electron chi connectivity index (χ1n) is 1.90. The molecule has 0 aromatic carbocycles. The summed E-state index contributed by atoms with van der Waals surface area (Å²) < 4.78 is 4.48. The predicted molar refractivity (Wildman–Crippen MR) is 28.9 cm³/mol. The molecule has 0 aliphatic rings. The van der Waals surface area contributed by atoms with Crippen molar-refractivity contribution in [2.45, 2.75) is 6.92 Å². The van der Waals surface area contributed by atoms with E-state index in [0.717, 1.165) is 6.40 Å². The maximum atomic E-state index is 6.41. The lowest BCUT2D eigenvalue weighted by Gasteiger charge is -1.90. The highest BCUT2D eigenvalue weighted by Gasteiger charge is 1.78. The van der Waals surface area contributed by atoms with Crippen LogP contribution in [-0.4, -0.2) is 19.3 Å². The second-order valence-corrected chi connectivity index (χ2v) is 0.978. The van der Waals surface area contributed by atoms with Crippen LogP contribution in [0.25, 0.3) is 0 Å². The van der Waals surface area contributed by atoms with Crippen molar-refractivity contribution in [2.24, 2.45) is 4.99 Å². The van der Waals surface area contributed by atoms with E-state index in [-0.39, 0.29) is 0 Å². The molecule has 40 valence electrons. The molecule has 0 aromatic heterocycles.